The quantitative estimate of drug-likeness (QED) is 0.299. The maximum Gasteiger partial charge on any atom is 0.328 e. The molecule has 0 unspecified atom stereocenters. The summed E-state index contributed by atoms with van der Waals surface area (Å²) >= 11 is 3.43. The van der Waals surface area contributed by atoms with Gasteiger partial charge >= 0.3 is 11.8 Å². The molecule has 8 heteroatoms. The van der Waals surface area contributed by atoms with E-state index in [1.165, 1.54) is 4.68 Å². The third-order valence-electron chi connectivity index (χ3n) is 5.37. The highest BCUT2D eigenvalue weighted by atomic mass is 79.9. The number of carbonyl (C=O) groups excluding carboxylic acids is 3. The van der Waals surface area contributed by atoms with E-state index in [-0.39, 0.29) is 5.69 Å². The molecule has 3 N–H and O–H groups in total. The molecular weight excluding hydrogens is 508 g/mol. The van der Waals surface area contributed by atoms with Crippen LogP contribution in [0.5, 0.6) is 0 Å². The predicted molar refractivity (Wildman–Crippen MR) is 142 cm³/mol. The minimum absolute atomic E-state index is 0.185. The highest BCUT2D eigenvalue weighted by Crippen LogP contribution is 2.24. The predicted octanol–water partition coefficient (Wildman–Crippen LogP) is 5.60. The fourth-order valence-electron chi connectivity index (χ4n) is 4.10. The minimum Gasteiger partial charge on any atom is -0.321 e. The first-order valence-corrected chi connectivity index (χ1v) is 11.8. The zero-order valence-corrected chi connectivity index (χ0v) is 21.4. The molecule has 0 aliphatic heterocycles. The molecule has 0 radical (unpaired) electrons. The van der Waals surface area contributed by atoms with Gasteiger partial charge in [-0.05, 0) is 98.5 Å². The number of hydrogen-bond acceptors (Lipinski definition) is 3. The van der Waals surface area contributed by atoms with E-state index >= 15 is 0 Å². The molecular formula is C27H25BrN4O3. The van der Waals surface area contributed by atoms with E-state index in [9.17, 15) is 14.4 Å². The lowest BCUT2D eigenvalue weighted by Gasteiger charge is -2.13. The first-order chi connectivity index (χ1) is 16.6. The van der Waals surface area contributed by atoms with Gasteiger partial charge in [0.05, 0.1) is 5.52 Å². The topological polar surface area (TPSA) is 92.2 Å². The standard InChI is InChI=1S/C27H25BrN4O3/c1-15-7-16(2)10-21(9-15)29-25(33)24-14-19-13-20(28)5-6-23(19)32(24)31-27(35)26(34)30-22-11-17(3)8-18(4)12-22/h5-14H,1-4H3,(H,29,33)(H,30,34)(H,31,35). The van der Waals surface area contributed by atoms with Gasteiger partial charge in [-0.2, -0.15) is 0 Å². The van der Waals surface area contributed by atoms with Crippen molar-refractivity contribution < 1.29 is 14.4 Å². The molecule has 0 fully saturated rings. The maximum absolute atomic E-state index is 13.2. The number of fused-ring (bicyclic) bond motifs is 1. The van der Waals surface area contributed by atoms with E-state index in [0.717, 1.165) is 32.1 Å². The summed E-state index contributed by atoms with van der Waals surface area (Å²) in [5, 5.41) is 6.23. The Labute approximate surface area is 211 Å². The van der Waals surface area contributed by atoms with Gasteiger partial charge in [0.2, 0.25) is 0 Å². The van der Waals surface area contributed by atoms with E-state index in [2.05, 4.69) is 32.0 Å². The summed E-state index contributed by atoms with van der Waals surface area (Å²) in [5.74, 6) is -2.16. The average Bonchev–Trinajstić information content (AvgIpc) is 3.09. The number of benzene rings is 3. The summed E-state index contributed by atoms with van der Waals surface area (Å²) in [6.45, 7) is 7.72. The van der Waals surface area contributed by atoms with Gasteiger partial charge in [0.25, 0.3) is 5.91 Å². The number of nitrogens with one attached hydrogen (secondary N) is 3. The van der Waals surface area contributed by atoms with Gasteiger partial charge in [-0.15, -0.1) is 0 Å². The molecule has 0 atom stereocenters. The molecule has 0 saturated carbocycles. The lowest BCUT2D eigenvalue weighted by Crippen LogP contribution is -2.36. The Morgan fingerprint density at radius 3 is 1.80 bits per heavy atom. The maximum atomic E-state index is 13.2. The number of nitrogens with zero attached hydrogens (tertiary/aromatic N) is 1. The van der Waals surface area contributed by atoms with Crippen molar-refractivity contribution in [2.45, 2.75) is 27.7 Å². The highest BCUT2D eigenvalue weighted by molar-refractivity contribution is 9.10. The number of aromatic nitrogens is 1. The number of hydrogen-bond donors (Lipinski definition) is 3. The molecule has 0 bridgehead atoms. The van der Waals surface area contributed by atoms with Crippen molar-refractivity contribution in [2.75, 3.05) is 16.1 Å². The third kappa shape index (κ3) is 5.60. The van der Waals surface area contributed by atoms with Crippen LogP contribution in [0.3, 0.4) is 0 Å². The van der Waals surface area contributed by atoms with Crippen molar-refractivity contribution in [2.24, 2.45) is 0 Å². The van der Waals surface area contributed by atoms with Gasteiger partial charge in [-0.25, -0.2) is 4.68 Å². The van der Waals surface area contributed by atoms with Gasteiger partial charge in [0.15, 0.2) is 0 Å². The van der Waals surface area contributed by atoms with Gasteiger partial charge in [-0.1, -0.05) is 28.1 Å². The molecule has 3 aromatic carbocycles. The Morgan fingerprint density at radius 1 is 0.686 bits per heavy atom. The normalized spacial score (nSPS) is 10.8. The Kier molecular flexibility index (Phi) is 6.75. The van der Waals surface area contributed by atoms with Crippen LogP contribution in [0.15, 0.2) is 65.1 Å². The van der Waals surface area contributed by atoms with Crippen molar-refractivity contribution in [3.8, 4) is 0 Å². The molecule has 4 rings (SSSR count). The number of amides is 3. The second-order valence-corrected chi connectivity index (χ2v) is 9.59. The van der Waals surface area contributed by atoms with E-state index in [1.54, 1.807) is 30.3 Å². The van der Waals surface area contributed by atoms with Crippen molar-refractivity contribution in [3.63, 3.8) is 0 Å². The Bertz CT molecular complexity index is 1450. The minimum atomic E-state index is -0.898. The van der Waals surface area contributed by atoms with Crippen LogP contribution < -0.4 is 16.1 Å². The smallest absolute Gasteiger partial charge is 0.321 e. The van der Waals surface area contributed by atoms with Gasteiger partial charge in [0, 0.05) is 21.2 Å². The number of anilines is 2. The fourth-order valence-corrected chi connectivity index (χ4v) is 4.48. The molecule has 178 valence electrons. The Morgan fingerprint density at radius 2 is 1.23 bits per heavy atom. The largest absolute Gasteiger partial charge is 0.328 e. The van der Waals surface area contributed by atoms with Crippen LogP contribution in [-0.4, -0.2) is 22.4 Å². The zero-order valence-electron chi connectivity index (χ0n) is 19.8. The third-order valence-corrected chi connectivity index (χ3v) is 5.87. The molecule has 0 spiro atoms. The number of halogens is 1. The summed E-state index contributed by atoms with van der Waals surface area (Å²) in [6, 6.07) is 18.3. The molecule has 1 heterocycles. The van der Waals surface area contributed by atoms with Crippen LogP contribution >= 0.6 is 15.9 Å². The average molecular weight is 533 g/mol. The molecule has 0 aliphatic rings. The fraction of sp³-hybridized carbons (Fsp3) is 0.148. The van der Waals surface area contributed by atoms with Crippen molar-refractivity contribution in [1.29, 1.82) is 0 Å². The van der Waals surface area contributed by atoms with Crippen LogP contribution in [0.2, 0.25) is 0 Å². The second kappa shape index (κ2) is 9.76. The summed E-state index contributed by atoms with van der Waals surface area (Å²) in [5.41, 5.74) is 8.47. The zero-order chi connectivity index (χ0) is 25.3. The molecule has 1 aromatic heterocycles. The lowest BCUT2D eigenvalue weighted by atomic mass is 10.1. The molecule has 0 saturated heterocycles. The number of aryl methyl sites for hydroxylation is 4. The molecule has 4 aromatic rings. The summed E-state index contributed by atoms with van der Waals surface area (Å²) in [6.07, 6.45) is 0. The molecule has 3 amide bonds. The molecule has 35 heavy (non-hydrogen) atoms. The van der Waals surface area contributed by atoms with Gasteiger partial charge in [-0.3, -0.25) is 19.8 Å². The van der Waals surface area contributed by atoms with Crippen LogP contribution in [0, 0.1) is 27.7 Å². The summed E-state index contributed by atoms with van der Waals surface area (Å²) < 4.78 is 2.16. The molecule has 0 aliphatic carbocycles. The van der Waals surface area contributed by atoms with Crippen molar-refractivity contribution >= 4 is 55.9 Å². The number of rotatable bonds is 4. The van der Waals surface area contributed by atoms with Gasteiger partial charge < -0.3 is 10.6 Å². The van der Waals surface area contributed by atoms with E-state index in [1.807, 2.05) is 58.0 Å². The van der Waals surface area contributed by atoms with Crippen molar-refractivity contribution in [1.82, 2.24) is 4.68 Å². The first-order valence-electron chi connectivity index (χ1n) is 11.0. The SMILES string of the molecule is Cc1cc(C)cc(NC(=O)C(=O)Nn2c(C(=O)Nc3cc(C)cc(C)c3)cc3cc(Br)ccc32)c1. The monoisotopic (exact) mass is 532 g/mol. The lowest BCUT2D eigenvalue weighted by molar-refractivity contribution is -0.133. The summed E-state index contributed by atoms with van der Waals surface area (Å²) in [7, 11) is 0. The van der Waals surface area contributed by atoms with Crippen LogP contribution in [0.4, 0.5) is 11.4 Å². The Hall–Kier alpha value is -3.91. The second-order valence-electron chi connectivity index (χ2n) is 8.67. The first kappa shape index (κ1) is 24.2. The van der Waals surface area contributed by atoms with Gasteiger partial charge in [0.1, 0.15) is 5.69 Å². The van der Waals surface area contributed by atoms with E-state index in [4.69, 9.17) is 0 Å². The number of carbonyl (C=O) groups is 3. The van der Waals surface area contributed by atoms with Crippen LogP contribution in [-0.2, 0) is 9.59 Å². The van der Waals surface area contributed by atoms with Crippen LogP contribution in [0.25, 0.3) is 10.9 Å². The van der Waals surface area contributed by atoms with Crippen LogP contribution in [0.1, 0.15) is 32.7 Å². The van der Waals surface area contributed by atoms with Crippen molar-refractivity contribution in [3.05, 3.63) is 93.1 Å². The highest BCUT2D eigenvalue weighted by Gasteiger charge is 2.21. The Balaban J connectivity index is 1.64. The summed E-state index contributed by atoms with van der Waals surface area (Å²) in [4.78, 5) is 38.7. The molecule has 7 nitrogen and oxygen atoms in total. The van der Waals surface area contributed by atoms with E-state index in [0.29, 0.717) is 16.9 Å². The van der Waals surface area contributed by atoms with E-state index < -0.39 is 17.7 Å².